The molecule has 10 nitrogen and oxygen atoms in total. The molecule has 4 aliphatic heterocycles. The molecule has 4 fully saturated rings. The van der Waals surface area contributed by atoms with Crippen LogP contribution in [0.3, 0.4) is 0 Å². The number of nitrogens with zero attached hydrogens (tertiary/aromatic N) is 3. The van der Waals surface area contributed by atoms with Gasteiger partial charge in [0, 0.05) is 45.9 Å². The molecule has 5 atom stereocenters. The average Bonchev–Trinajstić information content (AvgIpc) is 3.52. The second kappa shape index (κ2) is 13.6. The summed E-state index contributed by atoms with van der Waals surface area (Å²) in [5, 5.41) is 9.15. The zero-order valence-corrected chi connectivity index (χ0v) is 24.1. The first-order chi connectivity index (χ1) is 19.3. The Balaban J connectivity index is 1.60. The summed E-state index contributed by atoms with van der Waals surface area (Å²) >= 11 is 0. The lowest BCUT2D eigenvalue weighted by Crippen LogP contribution is -2.57. The van der Waals surface area contributed by atoms with Crippen molar-refractivity contribution in [1.82, 2.24) is 14.7 Å². The Hall–Kier alpha value is -2.27. The molecule has 10 heteroatoms. The number of fused-ring (bicyclic) bond motifs is 1. The van der Waals surface area contributed by atoms with Crippen LogP contribution >= 0.6 is 0 Å². The Morgan fingerprint density at radius 1 is 1.12 bits per heavy atom. The van der Waals surface area contributed by atoms with E-state index in [4.69, 9.17) is 19.3 Å². The molecule has 0 radical (unpaired) electrons. The number of hydrogen-bond acceptors (Lipinski definition) is 8. The Labute approximate surface area is 238 Å². The van der Waals surface area contributed by atoms with Gasteiger partial charge < -0.3 is 29.1 Å². The maximum Gasteiger partial charge on any atom is 0.312 e. The van der Waals surface area contributed by atoms with E-state index < -0.39 is 35.0 Å². The molecule has 0 saturated carbocycles. The Morgan fingerprint density at radius 2 is 1.88 bits per heavy atom. The first-order valence-electron chi connectivity index (χ1n) is 14.9. The third-order valence-corrected chi connectivity index (χ3v) is 9.09. The van der Waals surface area contributed by atoms with Gasteiger partial charge in [-0.3, -0.25) is 19.3 Å². The highest BCUT2D eigenvalue weighted by Crippen LogP contribution is 2.63. The van der Waals surface area contributed by atoms with Gasteiger partial charge in [0.2, 0.25) is 11.8 Å². The maximum atomic E-state index is 14.4. The summed E-state index contributed by atoms with van der Waals surface area (Å²) in [6.07, 6.45) is 8.16. The van der Waals surface area contributed by atoms with Crippen LogP contribution in [0, 0.1) is 11.8 Å². The number of likely N-dealkylation sites (tertiary alicyclic amines) is 1. The van der Waals surface area contributed by atoms with E-state index in [0.29, 0.717) is 71.5 Å². The first kappa shape index (κ1) is 30.7. The molecule has 1 N–H and O–H groups in total. The fraction of sp³-hybridized carbons (Fsp3) is 0.767. The van der Waals surface area contributed by atoms with Crippen LogP contribution in [0.15, 0.2) is 25.3 Å². The van der Waals surface area contributed by atoms with Gasteiger partial charge in [-0.05, 0) is 39.0 Å². The van der Waals surface area contributed by atoms with Gasteiger partial charge in [0.1, 0.15) is 17.6 Å². The second-order valence-electron chi connectivity index (χ2n) is 11.7. The summed E-state index contributed by atoms with van der Waals surface area (Å²) in [4.78, 5) is 47.7. The molecule has 0 aromatic rings. The normalized spacial score (nSPS) is 31.3. The summed E-state index contributed by atoms with van der Waals surface area (Å²) < 4.78 is 17.7. The van der Waals surface area contributed by atoms with Gasteiger partial charge in [-0.2, -0.15) is 0 Å². The summed E-state index contributed by atoms with van der Waals surface area (Å²) in [5.41, 5.74) is -1.91. The standard InChI is InChI=1S/C30H47N3O7/c1-4-6-20-39-28(37)24-23-26(35)33(14-9-7-8-10-19-34)25(30(23)12-11-29(24,3)40-30)27(36)32(13-5-2)16-15-31-17-21-38-22-18-31/h4-5,23-25,34H,1-2,6-22H2,3H3/t23-,24+,25?,29-,30?/m0/s1. The van der Waals surface area contributed by atoms with Gasteiger partial charge in [-0.15, -0.1) is 13.2 Å². The van der Waals surface area contributed by atoms with Gasteiger partial charge in [0.25, 0.3) is 0 Å². The molecule has 0 aromatic carbocycles. The number of carbonyl (C=O) groups is 3. The third-order valence-electron chi connectivity index (χ3n) is 9.09. The van der Waals surface area contributed by atoms with Crippen LogP contribution in [-0.2, 0) is 28.6 Å². The molecule has 4 rings (SSSR count). The quantitative estimate of drug-likeness (QED) is 0.173. The van der Waals surface area contributed by atoms with Gasteiger partial charge in [-0.1, -0.05) is 25.0 Å². The van der Waals surface area contributed by atoms with Crippen molar-refractivity contribution in [1.29, 1.82) is 0 Å². The lowest BCUT2D eigenvalue weighted by Gasteiger charge is -2.37. The molecule has 40 heavy (non-hydrogen) atoms. The summed E-state index contributed by atoms with van der Waals surface area (Å²) in [6.45, 7) is 14.8. The van der Waals surface area contributed by atoms with Crippen LogP contribution < -0.4 is 0 Å². The highest BCUT2D eigenvalue weighted by atomic mass is 16.6. The first-order valence-corrected chi connectivity index (χ1v) is 14.9. The van der Waals surface area contributed by atoms with Crippen LogP contribution in [0.25, 0.3) is 0 Å². The summed E-state index contributed by atoms with van der Waals surface area (Å²) in [6, 6.07) is -0.805. The lowest BCUT2D eigenvalue weighted by molar-refractivity contribution is -0.160. The van der Waals surface area contributed by atoms with Crippen molar-refractivity contribution in [3.8, 4) is 0 Å². The van der Waals surface area contributed by atoms with Crippen molar-refractivity contribution in [2.75, 3.05) is 65.7 Å². The van der Waals surface area contributed by atoms with E-state index in [1.807, 2.05) is 6.92 Å². The largest absolute Gasteiger partial charge is 0.465 e. The van der Waals surface area contributed by atoms with E-state index >= 15 is 0 Å². The van der Waals surface area contributed by atoms with E-state index in [-0.39, 0.29) is 25.0 Å². The molecule has 2 unspecified atom stereocenters. The lowest BCUT2D eigenvalue weighted by atomic mass is 9.66. The number of ether oxygens (including phenoxy) is 3. The van der Waals surface area contributed by atoms with Gasteiger partial charge in [0.05, 0.1) is 31.3 Å². The smallest absolute Gasteiger partial charge is 0.312 e. The van der Waals surface area contributed by atoms with Crippen LogP contribution in [0.2, 0.25) is 0 Å². The number of esters is 1. The number of hydrogen-bond donors (Lipinski definition) is 1. The zero-order chi connectivity index (χ0) is 28.8. The van der Waals surface area contributed by atoms with Crippen molar-refractivity contribution >= 4 is 17.8 Å². The second-order valence-corrected chi connectivity index (χ2v) is 11.7. The molecule has 4 aliphatic rings. The molecular formula is C30H47N3O7. The van der Waals surface area contributed by atoms with E-state index in [0.717, 1.165) is 25.9 Å². The molecule has 2 amide bonds. The van der Waals surface area contributed by atoms with E-state index in [1.165, 1.54) is 0 Å². The Morgan fingerprint density at radius 3 is 2.58 bits per heavy atom. The molecular weight excluding hydrogens is 514 g/mol. The van der Waals surface area contributed by atoms with Crippen molar-refractivity contribution in [2.24, 2.45) is 11.8 Å². The molecule has 1 spiro atoms. The number of aliphatic hydroxyl groups excluding tert-OH is 1. The molecule has 0 aromatic heterocycles. The van der Waals surface area contributed by atoms with Gasteiger partial charge in [0.15, 0.2) is 0 Å². The van der Waals surface area contributed by atoms with Crippen LogP contribution in [0.4, 0.5) is 0 Å². The van der Waals surface area contributed by atoms with Crippen molar-refractivity contribution < 1.29 is 33.7 Å². The van der Waals surface area contributed by atoms with Crippen LogP contribution in [0.5, 0.6) is 0 Å². The van der Waals surface area contributed by atoms with Gasteiger partial charge >= 0.3 is 5.97 Å². The Bertz CT molecular complexity index is 938. The summed E-state index contributed by atoms with van der Waals surface area (Å²) in [7, 11) is 0. The fourth-order valence-electron chi connectivity index (χ4n) is 7.09. The minimum Gasteiger partial charge on any atom is -0.465 e. The number of unbranched alkanes of at least 4 members (excludes halogenated alkanes) is 3. The number of rotatable bonds is 16. The van der Waals surface area contributed by atoms with Crippen LogP contribution in [-0.4, -0.2) is 121 Å². The molecule has 4 heterocycles. The van der Waals surface area contributed by atoms with Crippen LogP contribution in [0.1, 0.15) is 51.9 Å². The number of morpholine rings is 1. The van der Waals surface area contributed by atoms with Crippen molar-refractivity contribution in [3.05, 3.63) is 25.3 Å². The number of carbonyl (C=O) groups excluding carboxylic acids is 3. The predicted molar refractivity (Wildman–Crippen MR) is 149 cm³/mol. The highest BCUT2D eigenvalue weighted by Gasteiger charge is 2.78. The molecule has 2 bridgehead atoms. The number of aliphatic hydroxyl groups is 1. The van der Waals surface area contributed by atoms with E-state index in [2.05, 4.69) is 18.1 Å². The average molecular weight is 562 g/mol. The highest BCUT2D eigenvalue weighted by molar-refractivity contribution is 5.98. The van der Waals surface area contributed by atoms with E-state index in [9.17, 15) is 14.4 Å². The van der Waals surface area contributed by atoms with E-state index in [1.54, 1.807) is 22.0 Å². The Kier molecular flexibility index (Phi) is 10.4. The maximum absolute atomic E-state index is 14.4. The minimum absolute atomic E-state index is 0.136. The van der Waals surface area contributed by atoms with Crippen molar-refractivity contribution in [2.45, 2.75) is 69.1 Å². The molecule has 0 aliphatic carbocycles. The van der Waals surface area contributed by atoms with Crippen molar-refractivity contribution in [3.63, 3.8) is 0 Å². The fourth-order valence-corrected chi connectivity index (χ4v) is 7.09. The topological polar surface area (TPSA) is 109 Å². The predicted octanol–water partition coefficient (Wildman–Crippen LogP) is 1.77. The molecule has 224 valence electrons. The van der Waals surface area contributed by atoms with Gasteiger partial charge in [-0.25, -0.2) is 0 Å². The third kappa shape index (κ3) is 6.00. The molecule has 4 saturated heterocycles. The number of amides is 2. The monoisotopic (exact) mass is 561 g/mol. The zero-order valence-electron chi connectivity index (χ0n) is 24.1. The summed E-state index contributed by atoms with van der Waals surface area (Å²) in [5.74, 6) is -2.28. The SMILES string of the molecule is C=CCCOC(=O)[C@H]1[C@H]2C(=O)N(CCCCCCO)C(C(=O)N(CC=C)CCN3CCOCC3)C23CC[C@]1(C)O3. The minimum atomic E-state index is -1.06.